The summed E-state index contributed by atoms with van der Waals surface area (Å²) in [7, 11) is 0. The van der Waals surface area contributed by atoms with Gasteiger partial charge >= 0.3 is 6.09 Å². The van der Waals surface area contributed by atoms with Gasteiger partial charge in [-0.3, -0.25) is 5.32 Å². The average molecular weight is 253 g/mol. The zero-order valence-electron chi connectivity index (χ0n) is 9.84. The van der Waals surface area contributed by atoms with Crippen LogP contribution in [0.25, 0.3) is 0 Å². The highest BCUT2D eigenvalue weighted by Gasteiger charge is 2.07. The SMILES string of the molecule is CC(C)(C)C#Cc1cc(Cl)ncc1NC(=O)O. The molecule has 0 aromatic carbocycles. The number of nitrogens with zero attached hydrogens (tertiary/aromatic N) is 1. The maximum atomic E-state index is 10.6. The van der Waals surface area contributed by atoms with Gasteiger partial charge in [0.25, 0.3) is 0 Å². The number of carbonyl (C=O) groups is 1. The van der Waals surface area contributed by atoms with Crippen LogP contribution in [0.1, 0.15) is 26.3 Å². The quantitative estimate of drug-likeness (QED) is 0.596. The molecule has 0 saturated heterocycles. The van der Waals surface area contributed by atoms with Crippen LogP contribution in [0.2, 0.25) is 5.15 Å². The summed E-state index contributed by atoms with van der Waals surface area (Å²) in [6.07, 6.45) is 0.191. The van der Waals surface area contributed by atoms with Gasteiger partial charge in [-0.15, -0.1) is 0 Å². The van der Waals surface area contributed by atoms with Crippen molar-refractivity contribution in [1.82, 2.24) is 4.98 Å². The van der Waals surface area contributed by atoms with E-state index < -0.39 is 6.09 Å². The number of pyridine rings is 1. The Kier molecular flexibility index (Phi) is 3.97. The minimum Gasteiger partial charge on any atom is -0.465 e. The van der Waals surface area contributed by atoms with Crippen molar-refractivity contribution in [3.8, 4) is 11.8 Å². The van der Waals surface area contributed by atoms with Gasteiger partial charge in [-0.25, -0.2) is 9.78 Å². The molecule has 0 aliphatic heterocycles. The van der Waals surface area contributed by atoms with E-state index >= 15 is 0 Å². The lowest BCUT2D eigenvalue weighted by Gasteiger charge is -2.08. The summed E-state index contributed by atoms with van der Waals surface area (Å²) in [6.45, 7) is 5.90. The van der Waals surface area contributed by atoms with E-state index in [9.17, 15) is 4.79 Å². The highest BCUT2D eigenvalue weighted by Crippen LogP contribution is 2.18. The van der Waals surface area contributed by atoms with Crippen molar-refractivity contribution in [1.29, 1.82) is 0 Å². The van der Waals surface area contributed by atoms with Crippen molar-refractivity contribution < 1.29 is 9.90 Å². The van der Waals surface area contributed by atoms with Gasteiger partial charge < -0.3 is 5.11 Å². The summed E-state index contributed by atoms with van der Waals surface area (Å²) in [5.41, 5.74) is 0.678. The van der Waals surface area contributed by atoms with Crippen LogP contribution in [0.4, 0.5) is 10.5 Å². The van der Waals surface area contributed by atoms with Crippen molar-refractivity contribution in [2.75, 3.05) is 5.32 Å². The highest BCUT2D eigenvalue weighted by atomic mass is 35.5. The van der Waals surface area contributed by atoms with Gasteiger partial charge in [-0.2, -0.15) is 0 Å². The molecule has 0 unspecified atom stereocenters. The number of hydrogen-bond donors (Lipinski definition) is 2. The third-order valence-electron chi connectivity index (χ3n) is 1.68. The summed E-state index contributed by atoms with van der Waals surface area (Å²) >= 11 is 5.75. The van der Waals surface area contributed by atoms with E-state index in [2.05, 4.69) is 22.1 Å². The number of rotatable bonds is 1. The fraction of sp³-hybridized carbons (Fsp3) is 0.333. The van der Waals surface area contributed by atoms with Crippen molar-refractivity contribution >= 4 is 23.4 Å². The van der Waals surface area contributed by atoms with Gasteiger partial charge in [0.05, 0.1) is 17.4 Å². The Labute approximate surface area is 105 Å². The lowest BCUT2D eigenvalue weighted by atomic mass is 9.97. The Bertz CT molecular complexity index is 495. The molecule has 0 aliphatic rings. The number of carboxylic acid groups (broad SMARTS) is 1. The molecule has 1 aromatic rings. The standard InChI is InChI=1S/C12H13ClN2O2/c1-12(2,3)5-4-8-6-10(13)14-7-9(8)15-11(16)17/h6-7,15H,1-3H3,(H,16,17). The molecule has 0 spiro atoms. The first-order valence-electron chi connectivity index (χ1n) is 4.96. The van der Waals surface area contributed by atoms with Crippen LogP contribution in [-0.4, -0.2) is 16.2 Å². The first kappa shape index (κ1) is 13.3. The number of amides is 1. The second kappa shape index (κ2) is 5.07. The second-order valence-electron chi connectivity index (χ2n) is 4.48. The smallest absolute Gasteiger partial charge is 0.409 e. The van der Waals surface area contributed by atoms with E-state index in [1.54, 1.807) is 0 Å². The summed E-state index contributed by atoms with van der Waals surface area (Å²) in [5, 5.41) is 11.2. The first-order chi connectivity index (χ1) is 7.78. The Morgan fingerprint density at radius 1 is 1.53 bits per heavy atom. The molecule has 1 aromatic heterocycles. The molecule has 0 bridgehead atoms. The fourth-order valence-corrected chi connectivity index (χ4v) is 1.16. The molecule has 2 N–H and O–H groups in total. The van der Waals surface area contributed by atoms with Gasteiger partial charge in [0.1, 0.15) is 5.15 Å². The van der Waals surface area contributed by atoms with Gasteiger partial charge in [0.15, 0.2) is 0 Å². The molecule has 0 saturated carbocycles. The van der Waals surface area contributed by atoms with E-state index in [-0.39, 0.29) is 10.6 Å². The van der Waals surface area contributed by atoms with Crippen LogP contribution in [-0.2, 0) is 0 Å². The largest absolute Gasteiger partial charge is 0.465 e. The number of hydrogen-bond acceptors (Lipinski definition) is 2. The molecular formula is C12H13ClN2O2. The van der Waals surface area contributed by atoms with Crippen molar-refractivity contribution in [3.05, 3.63) is 23.0 Å². The third-order valence-corrected chi connectivity index (χ3v) is 1.89. The van der Waals surface area contributed by atoms with Crippen LogP contribution >= 0.6 is 11.6 Å². The third kappa shape index (κ3) is 4.75. The van der Waals surface area contributed by atoms with E-state index in [0.717, 1.165) is 0 Å². The molecule has 90 valence electrons. The Morgan fingerprint density at radius 3 is 2.71 bits per heavy atom. The van der Waals surface area contributed by atoms with Crippen molar-refractivity contribution in [2.45, 2.75) is 20.8 Å². The van der Waals surface area contributed by atoms with Crippen molar-refractivity contribution in [2.24, 2.45) is 5.41 Å². The first-order valence-corrected chi connectivity index (χ1v) is 5.34. The van der Waals surface area contributed by atoms with E-state index in [4.69, 9.17) is 16.7 Å². The summed E-state index contributed by atoms with van der Waals surface area (Å²) in [5.74, 6) is 5.91. The molecule has 0 radical (unpaired) electrons. The van der Waals surface area contributed by atoms with Crippen LogP contribution in [0.5, 0.6) is 0 Å². The zero-order chi connectivity index (χ0) is 13.1. The molecule has 17 heavy (non-hydrogen) atoms. The Hall–Kier alpha value is -1.73. The molecule has 0 fully saturated rings. The normalized spacial score (nSPS) is 10.4. The molecule has 0 atom stereocenters. The fourth-order valence-electron chi connectivity index (χ4n) is 1.00. The summed E-state index contributed by atoms with van der Waals surface area (Å²) in [4.78, 5) is 14.4. The van der Waals surface area contributed by atoms with E-state index in [0.29, 0.717) is 11.3 Å². The molecule has 1 rings (SSSR count). The molecule has 5 heteroatoms. The number of nitrogens with one attached hydrogen (secondary N) is 1. The molecule has 0 aliphatic carbocycles. The van der Waals surface area contributed by atoms with Gasteiger partial charge in [0.2, 0.25) is 0 Å². The maximum Gasteiger partial charge on any atom is 0.409 e. The molecule has 1 heterocycles. The minimum absolute atomic E-state index is 0.170. The highest BCUT2D eigenvalue weighted by molar-refractivity contribution is 6.29. The predicted molar refractivity (Wildman–Crippen MR) is 67.2 cm³/mol. The lowest BCUT2D eigenvalue weighted by Crippen LogP contribution is -2.09. The average Bonchev–Trinajstić information content (AvgIpc) is 2.16. The van der Waals surface area contributed by atoms with Gasteiger partial charge in [-0.1, -0.05) is 23.4 Å². The van der Waals surface area contributed by atoms with Crippen LogP contribution in [0.15, 0.2) is 12.3 Å². The Morgan fingerprint density at radius 2 is 2.18 bits per heavy atom. The summed E-state index contributed by atoms with van der Waals surface area (Å²) in [6, 6.07) is 1.53. The van der Waals surface area contributed by atoms with Crippen LogP contribution in [0, 0.1) is 17.3 Å². The van der Waals surface area contributed by atoms with Crippen LogP contribution < -0.4 is 5.32 Å². The topological polar surface area (TPSA) is 62.2 Å². The minimum atomic E-state index is -1.16. The molecular weight excluding hydrogens is 240 g/mol. The molecule has 1 amide bonds. The summed E-state index contributed by atoms with van der Waals surface area (Å²) < 4.78 is 0. The lowest BCUT2D eigenvalue weighted by molar-refractivity contribution is 0.209. The van der Waals surface area contributed by atoms with E-state index in [1.807, 2.05) is 20.8 Å². The Balaban J connectivity index is 3.14. The second-order valence-corrected chi connectivity index (χ2v) is 4.87. The zero-order valence-corrected chi connectivity index (χ0v) is 10.6. The van der Waals surface area contributed by atoms with E-state index in [1.165, 1.54) is 12.3 Å². The maximum absolute atomic E-state index is 10.6. The number of halogens is 1. The number of aromatic nitrogens is 1. The van der Waals surface area contributed by atoms with Crippen molar-refractivity contribution in [3.63, 3.8) is 0 Å². The van der Waals surface area contributed by atoms with Gasteiger partial charge in [0, 0.05) is 5.41 Å². The van der Waals surface area contributed by atoms with Gasteiger partial charge in [-0.05, 0) is 26.8 Å². The van der Waals surface area contributed by atoms with Crippen LogP contribution in [0.3, 0.4) is 0 Å². The monoisotopic (exact) mass is 252 g/mol. The number of anilines is 1. The molecule has 4 nitrogen and oxygen atoms in total. The predicted octanol–water partition coefficient (Wildman–Crippen LogP) is 3.22.